The predicted octanol–water partition coefficient (Wildman–Crippen LogP) is 1.99. The van der Waals surface area contributed by atoms with Crippen LogP contribution < -0.4 is 0 Å². The van der Waals surface area contributed by atoms with Crippen molar-refractivity contribution in [1.82, 2.24) is 0 Å². The molecule has 1 aliphatic rings. The maximum atomic E-state index is 8.98. The Balaban J connectivity index is 2.11. The van der Waals surface area contributed by atoms with E-state index in [0.717, 1.165) is 5.56 Å². The molecular weight excluding hydrogens is 175 g/mol. The molecular formula is C8H9O3P. The summed E-state index contributed by atoms with van der Waals surface area (Å²) in [5.74, 6) is 0. The smallest absolute Gasteiger partial charge is 0.328 e. The van der Waals surface area contributed by atoms with Crippen LogP contribution in [-0.2, 0) is 9.05 Å². The van der Waals surface area contributed by atoms with Crippen LogP contribution in [0.4, 0.5) is 0 Å². The third kappa shape index (κ3) is 1.65. The first-order valence-corrected chi connectivity index (χ1v) is 4.83. The van der Waals surface area contributed by atoms with Crippen LogP contribution in [0.3, 0.4) is 0 Å². The Morgan fingerprint density at radius 3 is 2.67 bits per heavy atom. The van der Waals surface area contributed by atoms with Crippen LogP contribution in [0.25, 0.3) is 0 Å². The third-order valence-corrected chi connectivity index (χ3v) is 2.53. The van der Waals surface area contributed by atoms with Gasteiger partial charge >= 0.3 is 8.60 Å². The van der Waals surface area contributed by atoms with Gasteiger partial charge in [-0.2, -0.15) is 0 Å². The van der Waals surface area contributed by atoms with Gasteiger partial charge in [0.25, 0.3) is 0 Å². The fourth-order valence-corrected chi connectivity index (χ4v) is 1.85. The Bertz CT molecular complexity index is 252. The lowest BCUT2D eigenvalue weighted by molar-refractivity contribution is 0.239. The largest absolute Gasteiger partial charge is 0.330 e. The summed E-state index contributed by atoms with van der Waals surface area (Å²) in [4.78, 5) is 8.98. The van der Waals surface area contributed by atoms with E-state index in [0.29, 0.717) is 6.61 Å². The van der Waals surface area contributed by atoms with Crippen LogP contribution >= 0.6 is 8.60 Å². The summed E-state index contributed by atoms with van der Waals surface area (Å²) in [6.45, 7) is 0.451. The zero-order valence-corrected chi connectivity index (χ0v) is 7.28. The lowest BCUT2D eigenvalue weighted by Gasteiger charge is -2.05. The second-order valence-corrected chi connectivity index (χ2v) is 3.48. The van der Waals surface area contributed by atoms with Crippen molar-refractivity contribution in [3.05, 3.63) is 35.9 Å². The van der Waals surface area contributed by atoms with Gasteiger partial charge in [-0.15, -0.1) is 0 Å². The number of hydrogen-bond donors (Lipinski definition) is 1. The summed E-state index contributed by atoms with van der Waals surface area (Å²) in [5.41, 5.74) is 1.05. The highest BCUT2D eigenvalue weighted by molar-refractivity contribution is 7.40. The molecule has 0 saturated carbocycles. The van der Waals surface area contributed by atoms with Gasteiger partial charge in [-0.3, -0.25) is 0 Å². The maximum absolute atomic E-state index is 8.98. The molecule has 1 aromatic rings. The van der Waals surface area contributed by atoms with Crippen LogP contribution in [0.15, 0.2) is 30.3 Å². The molecule has 1 heterocycles. The molecule has 0 radical (unpaired) electrons. The molecule has 2 rings (SSSR count). The van der Waals surface area contributed by atoms with E-state index in [1.165, 1.54) is 0 Å². The van der Waals surface area contributed by atoms with Crippen molar-refractivity contribution in [1.29, 1.82) is 0 Å². The highest BCUT2D eigenvalue weighted by Crippen LogP contribution is 2.46. The lowest BCUT2D eigenvalue weighted by Crippen LogP contribution is -1.97. The Morgan fingerprint density at radius 2 is 2.08 bits per heavy atom. The molecule has 0 aliphatic carbocycles. The Kier molecular flexibility index (Phi) is 2.38. The molecule has 2 unspecified atom stereocenters. The van der Waals surface area contributed by atoms with Crippen LogP contribution in [-0.4, -0.2) is 11.5 Å². The first-order valence-electron chi connectivity index (χ1n) is 3.70. The van der Waals surface area contributed by atoms with Gasteiger partial charge in [-0.1, -0.05) is 30.3 Å². The topological polar surface area (TPSA) is 38.7 Å². The van der Waals surface area contributed by atoms with E-state index in [1.807, 2.05) is 30.3 Å². The van der Waals surface area contributed by atoms with Crippen molar-refractivity contribution in [2.45, 2.75) is 6.10 Å². The highest BCUT2D eigenvalue weighted by Gasteiger charge is 2.26. The van der Waals surface area contributed by atoms with Crippen molar-refractivity contribution < 1.29 is 13.9 Å². The highest BCUT2D eigenvalue weighted by atomic mass is 31.2. The number of rotatable bonds is 1. The molecule has 0 bridgehead atoms. The summed E-state index contributed by atoms with van der Waals surface area (Å²) >= 11 is 0. The molecule has 1 saturated heterocycles. The fraction of sp³-hybridized carbons (Fsp3) is 0.250. The van der Waals surface area contributed by atoms with Gasteiger partial charge < -0.3 is 13.9 Å². The molecule has 12 heavy (non-hydrogen) atoms. The minimum absolute atomic E-state index is 0.0951. The molecule has 2 atom stereocenters. The number of benzene rings is 1. The van der Waals surface area contributed by atoms with E-state index in [2.05, 4.69) is 0 Å². The van der Waals surface area contributed by atoms with E-state index in [9.17, 15) is 0 Å². The minimum Gasteiger partial charge on any atom is -0.328 e. The van der Waals surface area contributed by atoms with Gasteiger partial charge in [-0.05, 0) is 5.56 Å². The molecule has 0 spiro atoms. The van der Waals surface area contributed by atoms with Gasteiger partial charge in [0, 0.05) is 0 Å². The quantitative estimate of drug-likeness (QED) is 0.678. The summed E-state index contributed by atoms with van der Waals surface area (Å²) in [5, 5.41) is 0. The third-order valence-electron chi connectivity index (χ3n) is 1.73. The van der Waals surface area contributed by atoms with Crippen molar-refractivity contribution in [2.75, 3.05) is 6.61 Å². The molecule has 3 nitrogen and oxygen atoms in total. The fourth-order valence-electron chi connectivity index (χ4n) is 1.13. The average molecular weight is 184 g/mol. The zero-order chi connectivity index (χ0) is 8.39. The van der Waals surface area contributed by atoms with E-state index >= 15 is 0 Å². The number of hydrogen-bond acceptors (Lipinski definition) is 3. The second kappa shape index (κ2) is 3.50. The minimum atomic E-state index is -1.63. The van der Waals surface area contributed by atoms with Crippen molar-refractivity contribution in [2.24, 2.45) is 0 Å². The van der Waals surface area contributed by atoms with Crippen LogP contribution in [0.5, 0.6) is 0 Å². The van der Waals surface area contributed by atoms with Gasteiger partial charge in [-0.25, -0.2) is 0 Å². The maximum Gasteiger partial charge on any atom is 0.330 e. The van der Waals surface area contributed by atoms with E-state index in [-0.39, 0.29) is 6.10 Å². The Labute approximate surface area is 71.9 Å². The van der Waals surface area contributed by atoms with E-state index in [1.54, 1.807) is 0 Å². The molecule has 1 aromatic carbocycles. The van der Waals surface area contributed by atoms with Crippen LogP contribution in [0.1, 0.15) is 11.7 Å². The molecule has 0 aromatic heterocycles. The van der Waals surface area contributed by atoms with Crippen molar-refractivity contribution in [3.8, 4) is 0 Å². The molecule has 1 N–H and O–H groups in total. The second-order valence-electron chi connectivity index (χ2n) is 2.54. The SMILES string of the molecule is OP1OCC(c2ccccc2)O1. The predicted molar refractivity (Wildman–Crippen MR) is 45.4 cm³/mol. The first-order chi connectivity index (χ1) is 5.86. The van der Waals surface area contributed by atoms with Gasteiger partial charge in [0.1, 0.15) is 6.10 Å². The molecule has 1 aliphatic heterocycles. The van der Waals surface area contributed by atoms with Gasteiger partial charge in [0.2, 0.25) is 0 Å². The summed E-state index contributed by atoms with van der Waals surface area (Å²) < 4.78 is 10.1. The molecule has 1 fully saturated rings. The summed E-state index contributed by atoms with van der Waals surface area (Å²) in [7, 11) is -1.63. The van der Waals surface area contributed by atoms with Gasteiger partial charge in [0.05, 0.1) is 6.61 Å². The lowest BCUT2D eigenvalue weighted by atomic mass is 10.1. The summed E-state index contributed by atoms with van der Waals surface area (Å²) in [6.07, 6.45) is -0.0951. The van der Waals surface area contributed by atoms with Crippen molar-refractivity contribution >= 4 is 8.60 Å². The molecule has 0 amide bonds. The Morgan fingerprint density at radius 1 is 1.33 bits per heavy atom. The monoisotopic (exact) mass is 184 g/mol. The summed E-state index contributed by atoms with van der Waals surface area (Å²) in [6, 6.07) is 9.75. The van der Waals surface area contributed by atoms with Crippen LogP contribution in [0.2, 0.25) is 0 Å². The van der Waals surface area contributed by atoms with E-state index < -0.39 is 8.60 Å². The standard InChI is InChI=1S/C8H9O3P/c9-12-10-6-8(11-12)7-4-2-1-3-5-7/h1-5,8-9H,6H2. The molecule has 64 valence electrons. The first kappa shape index (κ1) is 8.14. The Hall–Kier alpha value is -0.470. The average Bonchev–Trinajstić information content (AvgIpc) is 2.54. The van der Waals surface area contributed by atoms with Crippen molar-refractivity contribution in [3.63, 3.8) is 0 Å². The molecule has 4 heteroatoms. The van der Waals surface area contributed by atoms with Gasteiger partial charge in [0.15, 0.2) is 0 Å². The zero-order valence-electron chi connectivity index (χ0n) is 6.38. The van der Waals surface area contributed by atoms with E-state index in [4.69, 9.17) is 13.9 Å². The van der Waals surface area contributed by atoms with Crippen LogP contribution in [0, 0.1) is 0 Å². The normalized spacial score (nSPS) is 29.1.